The van der Waals surface area contributed by atoms with Crippen LogP contribution in [0.5, 0.6) is 0 Å². The number of pyridine rings is 1. The van der Waals surface area contributed by atoms with E-state index in [4.69, 9.17) is 5.73 Å². The largest absolute Gasteiger partial charge is 0.378 e. The highest BCUT2D eigenvalue weighted by atomic mass is 19.1. The van der Waals surface area contributed by atoms with Crippen molar-refractivity contribution >= 4 is 17.1 Å². The van der Waals surface area contributed by atoms with Crippen molar-refractivity contribution < 1.29 is 9.18 Å². The Kier molecular flexibility index (Phi) is 5.50. The van der Waals surface area contributed by atoms with Crippen molar-refractivity contribution in [2.45, 2.75) is 13.3 Å². The second kappa shape index (κ2) is 8.80. The van der Waals surface area contributed by atoms with Gasteiger partial charge in [-0.3, -0.25) is 14.0 Å². The first-order chi connectivity index (χ1) is 18.7. The lowest BCUT2D eigenvalue weighted by Gasteiger charge is -2.18. The minimum Gasteiger partial charge on any atom is -0.378 e. The molecule has 1 aliphatic rings. The Hall–Kier alpha value is -4.98. The van der Waals surface area contributed by atoms with Gasteiger partial charge in [-0.05, 0) is 88.7 Å². The molecule has 0 spiro atoms. The Labute approximate surface area is 223 Å². The van der Waals surface area contributed by atoms with Crippen LogP contribution in [0.4, 0.5) is 10.1 Å². The molecule has 0 atom stereocenters. The predicted octanol–water partition coefficient (Wildman–Crippen LogP) is 4.30. The smallest absolute Gasteiger partial charge is 0.340 e. The number of hydrogen-bond acceptors (Lipinski definition) is 4. The van der Waals surface area contributed by atoms with Crippen LogP contribution in [0, 0.1) is 12.7 Å². The number of rotatable bonds is 4. The first-order valence-corrected chi connectivity index (χ1v) is 12.5. The zero-order valence-electron chi connectivity index (χ0n) is 21.7. The summed E-state index contributed by atoms with van der Waals surface area (Å²) in [5.74, 6) is -1.14. The molecule has 7 nitrogen and oxygen atoms in total. The van der Waals surface area contributed by atoms with E-state index in [2.05, 4.69) is 12.1 Å². The van der Waals surface area contributed by atoms with Crippen LogP contribution in [0.2, 0.25) is 0 Å². The molecule has 194 valence electrons. The average molecular weight is 521 g/mol. The highest BCUT2D eigenvalue weighted by molar-refractivity contribution is 6.02. The Morgan fingerprint density at radius 2 is 1.72 bits per heavy atom. The standard InChI is InChI=1S/C31H25FN4O3/c1-17-20(6-4-8-26(17)36-28(37)16-27-25(32)7-5-13-35(27)31(36)39)22-11-12-23(30(33)38)24-15-18-14-19(34(2)3)9-10-21(18)29(22)24/h4-14,16H,15H2,1-3H3,(H2,33,38). The summed E-state index contributed by atoms with van der Waals surface area (Å²) in [6, 6.07) is 19.0. The maximum Gasteiger partial charge on any atom is 0.340 e. The molecule has 1 aliphatic carbocycles. The average Bonchev–Trinajstić information content (AvgIpc) is 3.28. The molecule has 0 radical (unpaired) electrons. The highest BCUT2D eigenvalue weighted by Crippen LogP contribution is 2.46. The number of nitrogens with two attached hydrogens (primary N) is 1. The van der Waals surface area contributed by atoms with Crippen LogP contribution in [-0.4, -0.2) is 29.0 Å². The molecule has 5 aromatic rings. The van der Waals surface area contributed by atoms with Gasteiger partial charge in [-0.25, -0.2) is 13.8 Å². The van der Waals surface area contributed by atoms with Gasteiger partial charge in [-0.15, -0.1) is 0 Å². The van der Waals surface area contributed by atoms with Gasteiger partial charge < -0.3 is 10.6 Å². The maximum atomic E-state index is 14.3. The van der Waals surface area contributed by atoms with Crippen molar-refractivity contribution in [2.24, 2.45) is 5.73 Å². The number of nitrogens with zero attached hydrogens (tertiary/aromatic N) is 3. The minimum absolute atomic E-state index is 0.0777. The number of hydrogen-bond donors (Lipinski definition) is 1. The van der Waals surface area contributed by atoms with E-state index in [1.165, 1.54) is 18.3 Å². The number of halogens is 1. The monoisotopic (exact) mass is 520 g/mol. The number of carbonyl (C=O) groups is 1. The molecule has 2 N–H and O–H groups in total. The van der Waals surface area contributed by atoms with E-state index in [9.17, 15) is 18.8 Å². The number of fused-ring (bicyclic) bond motifs is 4. The summed E-state index contributed by atoms with van der Waals surface area (Å²) in [6.07, 6.45) is 2.00. The summed E-state index contributed by atoms with van der Waals surface area (Å²) in [5.41, 5.74) is 12.6. The molecular formula is C31H25FN4O3. The van der Waals surface area contributed by atoms with Gasteiger partial charge in [0.15, 0.2) is 0 Å². The molecule has 0 saturated carbocycles. The molecule has 8 heteroatoms. The Morgan fingerprint density at radius 1 is 0.949 bits per heavy atom. The lowest BCUT2D eigenvalue weighted by atomic mass is 9.89. The lowest BCUT2D eigenvalue weighted by Crippen LogP contribution is -2.36. The first-order valence-electron chi connectivity index (χ1n) is 12.5. The maximum absolute atomic E-state index is 14.3. The second-order valence-corrected chi connectivity index (χ2v) is 9.95. The highest BCUT2D eigenvalue weighted by Gasteiger charge is 2.28. The van der Waals surface area contributed by atoms with Crippen molar-refractivity contribution in [1.29, 1.82) is 0 Å². The molecule has 0 unspecified atom stereocenters. The van der Waals surface area contributed by atoms with Crippen LogP contribution in [-0.2, 0) is 6.42 Å². The molecule has 6 rings (SSSR count). The summed E-state index contributed by atoms with van der Waals surface area (Å²) in [4.78, 5) is 40.8. The summed E-state index contributed by atoms with van der Waals surface area (Å²) in [5, 5.41) is 0. The molecule has 39 heavy (non-hydrogen) atoms. The third-order valence-corrected chi connectivity index (χ3v) is 7.52. The molecule has 0 saturated heterocycles. The fraction of sp³-hybridized carbons (Fsp3) is 0.129. The van der Waals surface area contributed by atoms with Crippen molar-refractivity contribution in [3.05, 3.63) is 122 Å². The van der Waals surface area contributed by atoms with E-state index >= 15 is 0 Å². The van der Waals surface area contributed by atoms with Gasteiger partial charge in [0.25, 0.3) is 5.56 Å². The number of carbonyl (C=O) groups excluding carboxylic acids is 1. The van der Waals surface area contributed by atoms with Gasteiger partial charge >= 0.3 is 5.69 Å². The second-order valence-electron chi connectivity index (χ2n) is 9.95. The summed E-state index contributed by atoms with van der Waals surface area (Å²) in [6.45, 7) is 1.84. The molecule has 2 heterocycles. The SMILES string of the molecule is Cc1c(-c2ccc(C(N)=O)c3c2-c2ccc(N(C)C)cc2C3)cccc1-n1c(=O)cc2c(F)cccn2c1=O. The van der Waals surface area contributed by atoms with Gasteiger partial charge in [0.2, 0.25) is 5.91 Å². The van der Waals surface area contributed by atoms with Crippen LogP contribution in [0.3, 0.4) is 0 Å². The number of amides is 1. The summed E-state index contributed by atoms with van der Waals surface area (Å²) in [7, 11) is 3.95. The van der Waals surface area contributed by atoms with Gasteiger partial charge in [0.05, 0.1) is 11.2 Å². The Morgan fingerprint density at radius 3 is 2.46 bits per heavy atom. The fourth-order valence-electron chi connectivity index (χ4n) is 5.60. The van der Waals surface area contributed by atoms with Crippen LogP contribution < -0.4 is 21.9 Å². The van der Waals surface area contributed by atoms with Gasteiger partial charge in [0.1, 0.15) is 5.82 Å². The molecule has 1 amide bonds. The van der Waals surface area contributed by atoms with Crippen molar-refractivity contribution in [3.8, 4) is 27.9 Å². The van der Waals surface area contributed by atoms with E-state index < -0.39 is 23.0 Å². The van der Waals surface area contributed by atoms with Crippen LogP contribution in [0.15, 0.2) is 82.5 Å². The van der Waals surface area contributed by atoms with Crippen molar-refractivity contribution in [2.75, 3.05) is 19.0 Å². The molecule has 0 aliphatic heterocycles. The number of primary amides is 1. The van der Waals surface area contributed by atoms with E-state index in [0.29, 0.717) is 23.2 Å². The number of aromatic nitrogens is 2. The van der Waals surface area contributed by atoms with Gasteiger partial charge in [-0.1, -0.05) is 24.3 Å². The topological polar surface area (TPSA) is 89.8 Å². The Bertz CT molecular complexity index is 1970. The molecule has 3 aromatic carbocycles. The molecule has 0 bridgehead atoms. The zero-order chi connectivity index (χ0) is 27.6. The van der Waals surface area contributed by atoms with Gasteiger partial charge in [0, 0.05) is 37.6 Å². The fourth-order valence-corrected chi connectivity index (χ4v) is 5.60. The molecule has 0 fully saturated rings. The number of benzene rings is 3. The van der Waals surface area contributed by atoms with Crippen LogP contribution >= 0.6 is 0 Å². The molecule has 2 aromatic heterocycles. The predicted molar refractivity (Wildman–Crippen MR) is 150 cm³/mol. The summed E-state index contributed by atoms with van der Waals surface area (Å²) >= 11 is 0. The number of anilines is 1. The third kappa shape index (κ3) is 3.67. The zero-order valence-corrected chi connectivity index (χ0v) is 21.7. The van der Waals surface area contributed by atoms with Crippen molar-refractivity contribution in [1.82, 2.24) is 8.97 Å². The van der Waals surface area contributed by atoms with Gasteiger partial charge in [-0.2, -0.15) is 0 Å². The third-order valence-electron chi connectivity index (χ3n) is 7.52. The minimum atomic E-state index is -0.659. The first kappa shape index (κ1) is 24.4. The van der Waals surface area contributed by atoms with Crippen molar-refractivity contribution in [3.63, 3.8) is 0 Å². The normalized spacial score (nSPS) is 11.9. The van der Waals surface area contributed by atoms with E-state index in [-0.39, 0.29) is 5.52 Å². The molecular weight excluding hydrogens is 495 g/mol. The quantitative estimate of drug-likeness (QED) is 0.375. The van der Waals surface area contributed by atoms with Crippen LogP contribution in [0.25, 0.3) is 33.5 Å². The summed E-state index contributed by atoms with van der Waals surface area (Å²) < 4.78 is 16.5. The van der Waals surface area contributed by atoms with E-state index in [1.807, 2.05) is 44.1 Å². The lowest BCUT2D eigenvalue weighted by molar-refractivity contribution is 0.0999. The van der Waals surface area contributed by atoms with E-state index in [0.717, 1.165) is 54.1 Å². The van der Waals surface area contributed by atoms with E-state index in [1.54, 1.807) is 18.2 Å². The Balaban J connectivity index is 1.61. The van der Waals surface area contributed by atoms with Crippen LogP contribution in [0.1, 0.15) is 27.0 Å².